The number of halogens is 1. The predicted molar refractivity (Wildman–Crippen MR) is 77.8 cm³/mol. The van der Waals surface area contributed by atoms with Gasteiger partial charge in [-0.1, -0.05) is 37.3 Å². The SMILES string of the molecule is CCc1nc(Cc2ccccc2)nc(N)c1I. The summed E-state index contributed by atoms with van der Waals surface area (Å²) >= 11 is 2.20. The van der Waals surface area contributed by atoms with Crippen molar-refractivity contribution in [3.05, 3.63) is 51.0 Å². The first-order valence-electron chi connectivity index (χ1n) is 5.55. The zero-order chi connectivity index (χ0) is 12.3. The van der Waals surface area contributed by atoms with Gasteiger partial charge in [-0.25, -0.2) is 9.97 Å². The molecule has 1 aromatic heterocycles. The Balaban J connectivity index is 2.31. The fraction of sp³-hybridized carbons (Fsp3) is 0.231. The number of aryl methyl sites for hydroxylation is 1. The van der Waals surface area contributed by atoms with E-state index in [0.717, 1.165) is 27.9 Å². The van der Waals surface area contributed by atoms with Gasteiger partial charge in [0, 0.05) is 6.42 Å². The van der Waals surface area contributed by atoms with Gasteiger partial charge < -0.3 is 5.73 Å². The number of rotatable bonds is 3. The summed E-state index contributed by atoms with van der Waals surface area (Å²) in [6.45, 7) is 2.08. The lowest BCUT2D eigenvalue weighted by Gasteiger charge is -2.07. The van der Waals surface area contributed by atoms with Gasteiger partial charge in [-0.15, -0.1) is 0 Å². The van der Waals surface area contributed by atoms with Gasteiger partial charge in [0.05, 0.1) is 9.26 Å². The van der Waals surface area contributed by atoms with Gasteiger partial charge in [-0.2, -0.15) is 0 Å². The van der Waals surface area contributed by atoms with Crippen molar-refractivity contribution in [2.24, 2.45) is 0 Å². The molecule has 4 heteroatoms. The molecule has 2 aromatic rings. The van der Waals surface area contributed by atoms with E-state index in [1.54, 1.807) is 0 Å². The summed E-state index contributed by atoms with van der Waals surface area (Å²) in [5, 5.41) is 0. The molecule has 17 heavy (non-hydrogen) atoms. The molecule has 0 saturated carbocycles. The third kappa shape index (κ3) is 2.94. The molecule has 0 aliphatic heterocycles. The van der Waals surface area contributed by atoms with Gasteiger partial charge in [0.2, 0.25) is 0 Å². The van der Waals surface area contributed by atoms with E-state index in [9.17, 15) is 0 Å². The van der Waals surface area contributed by atoms with E-state index in [0.29, 0.717) is 5.82 Å². The standard InChI is InChI=1S/C13H14IN3/c1-2-10-12(14)13(15)17-11(16-10)8-9-6-4-3-5-7-9/h3-7H,2,8H2,1H3,(H2,15,16,17). The Morgan fingerprint density at radius 1 is 1.18 bits per heavy atom. The fourth-order valence-electron chi connectivity index (χ4n) is 1.66. The molecule has 2 rings (SSSR count). The van der Waals surface area contributed by atoms with Crippen LogP contribution in [0.5, 0.6) is 0 Å². The molecule has 88 valence electrons. The van der Waals surface area contributed by atoms with Crippen LogP contribution in [-0.2, 0) is 12.8 Å². The quantitative estimate of drug-likeness (QED) is 0.875. The lowest BCUT2D eigenvalue weighted by atomic mass is 10.1. The summed E-state index contributed by atoms with van der Waals surface area (Å²) in [6.07, 6.45) is 1.61. The molecular weight excluding hydrogens is 325 g/mol. The third-order valence-corrected chi connectivity index (χ3v) is 3.71. The molecular formula is C13H14IN3. The number of nitrogens with zero attached hydrogens (tertiary/aromatic N) is 2. The first-order valence-corrected chi connectivity index (χ1v) is 6.63. The average Bonchev–Trinajstić information content (AvgIpc) is 2.35. The molecule has 1 aromatic carbocycles. The second kappa shape index (κ2) is 5.44. The van der Waals surface area contributed by atoms with Crippen LogP contribution >= 0.6 is 22.6 Å². The molecule has 1 heterocycles. The second-order valence-electron chi connectivity index (χ2n) is 3.80. The maximum Gasteiger partial charge on any atom is 0.140 e. The second-order valence-corrected chi connectivity index (χ2v) is 4.88. The van der Waals surface area contributed by atoms with Crippen LogP contribution < -0.4 is 5.73 Å². The van der Waals surface area contributed by atoms with Gasteiger partial charge in [0.25, 0.3) is 0 Å². The van der Waals surface area contributed by atoms with Crippen molar-refractivity contribution in [2.45, 2.75) is 19.8 Å². The molecule has 0 radical (unpaired) electrons. The summed E-state index contributed by atoms with van der Waals surface area (Å²) in [4.78, 5) is 8.88. The minimum Gasteiger partial charge on any atom is -0.383 e. The Morgan fingerprint density at radius 2 is 1.88 bits per heavy atom. The van der Waals surface area contributed by atoms with E-state index in [1.807, 2.05) is 18.2 Å². The van der Waals surface area contributed by atoms with Crippen LogP contribution in [-0.4, -0.2) is 9.97 Å². The van der Waals surface area contributed by atoms with E-state index in [4.69, 9.17) is 5.73 Å². The summed E-state index contributed by atoms with van der Waals surface area (Å²) in [5.74, 6) is 1.38. The van der Waals surface area contributed by atoms with Crippen LogP contribution in [0.15, 0.2) is 30.3 Å². The van der Waals surface area contributed by atoms with Crippen LogP contribution in [0.25, 0.3) is 0 Å². The van der Waals surface area contributed by atoms with E-state index < -0.39 is 0 Å². The first kappa shape index (κ1) is 12.3. The van der Waals surface area contributed by atoms with Crippen molar-refractivity contribution in [3.8, 4) is 0 Å². The molecule has 0 amide bonds. The monoisotopic (exact) mass is 339 g/mol. The van der Waals surface area contributed by atoms with Crippen molar-refractivity contribution in [2.75, 3.05) is 5.73 Å². The van der Waals surface area contributed by atoms with Gasteiger partial charge in [-0.05, 0) is 34.6 Å². The summed E-state index contributed by atoms with van der Waals surface area (Å²) < 4.78 is 0.974. The van der Waals surface area contributed by atoms with E-state index in [1.165, 1.54) is 5.56 Å². The van der Waals surface area contributed by atoms with Crippen LogP contribution in [0.2, 0.25) is 0 Å². The van der Waals surface area contributed by atoms with Gasteiger partial charge >= 0.3 is 0 Å². The Kier molecular flexibility index (Phi) is 3.93. The number of aromatic nitrogens is 2. The van der Waals surface area contributed by atoms with Crippen LogP contribution in [0, 0.1) is 3.57 Å². The number of hydrogen-bond donors (Lipinski definition) is 1. The highest BCUT2D eigenvalue weighted by Crippen LogP contribution is 2.18. The smallest absolute Gasteiger partial charge is 0.140 e. The lowest BCUT2D eigenvalue weighted by molar-refractivity contribution is 0.901. The molecule has 0 unspecified atom stereocenters. The maximum absolute atomic E-state index is 5.89. The topological polar surface area (TPSA) is 51.8 Å². The van der Waals surface area contributed by atoms with E-state index in [-0.39, 0.29) is 0 Å². The molecule has 2 N–H and O–H groups in total. The van der Waals surface area contributed by atoms with Crippen LogP contribution in [0.4, 0.5) is 5.82 Å². The fourth-order valence-corrected chi connectivity index (χ4v) is 2.28. The van der Waals surface area contributed by atoms with Crippen molar-refractivity contribution in [3.63, 3.8) is 0 Å². The Hall–Kier alpha value is -1.17. The Bertz CT molecular complexity index is 512. The van der Waals surface area contributed by atoms with Crippen molar-refractivity contribution in [1.82, 2.24) is 9.97 Å². The third-order valence-electron chi connectivity index (χ3n) is 2.53. The average molecular weight is 339 g/mol. The molecule has 0 bridgehead atoms. The largest absolute Gasteiger partial charge is 0.383 e. The minimum atomic E-state index is 0.586. The van der Waals surface area contributed by atoms with E-state index >= 15 is 0 Å². The van der Waals surface area contributed by atoms with Crippen molar-refractivity contribution < 1.29 is 0 Å². The molecule has 0 aliphatic carbocycles. The lowest BCUT2D eigenvalue weighted by Crippen LogP contribution is -2.07. The maximum atomic E-state index is 5.89. The molecule has 0 saturated heterocycles. The van der Waals surface area contributed by atoms with Crippen LogP contribution in [0.3, 0.4) is 0 Å². The number of anilines is 1. The number of nitrogen functional groups attached to an aromatic ring is 1. The molecule has 0 fully saturated rings. The number of nitrogens with two attached hydrogens (primary N) is 1. The molecule has 0 aliphatic rings. The summed E-state index contributed by atoms with van der Waals surface area (Å²) in [7, 11) is 0. The van der Waals surface area contributed by atoms with Gasteiger partial charge in [0.1, 0.15) is 11.6 Å². The van der Waals surface area contributed by atoms with Crippen LogP contribution in [0.1, 0.15) is 24.0 Å². The molecule has 0 spiro atoms. The number of hydrogen-bond acceptors (Lipinski definition) is 3. The van der Waals surface area contributed by atoms with Crippen molar-refractivity contribution in [1.29, 1.82) is 0 Å². The highest BCUT2D eigenvalue weighted by molar-refractivity contribution is 14.1. The van der Waals surface area contributed by atoms with E-state index in [2.05, 4.69) is 51.6 Å². The Morgan fingerprint density at radius 3 is 2.53 bits per heavy atom. The van der Waals surface area contributed by atoms with Gasteiger partial charge in [0.15, 0.2) is 0 Å². The summed E-state index contributed by atoms with van der Waals surface area (Å²) in [6, 6.07) is 10.2. The number of benzene rings is 1. The van der Waals surface area contributed by atoms with Crippen molar-refractivity contribution >= 4 is 28.4 Å². The first-order chi connectivity index (χ1) is 8.20. The zero-order valence-electron chi connectivity index (χ0n) is 9.65. The highest BCUT2D eigenvalue weighted by Gasteiger charge is 2.08. The Labute approximate surface area is 115 Å². The molecule has 3 nitrogen and oxygen atoms in total. The summed E-state index contributed by atoms with van der Waals surface area (Å²) in [5.41, 5.74) is 8.13. The molecule has 0 atom stereocenters. The predicted octanol–water partition coefficient (Wildman–Crippen LogP) is 2.82. The van der Waals surface area contributed by atoms with Gasteiger partial charge in [-0.3, -0.25) is 0 Å². The highest BCUT2D eigenvalue weighted by atomic mass is 127. The zero-order valence-corrected chi connectivity index (χ0v) is 11.8. The normalized spacial score (nSPS) is 10.5. The minimum absolute atomic E-state index is 0.586.